The largest absolute Gasteiger partial charge is 0.378 e. The molecular weight excluding hydrogens is 256 g/mol. The molecule has 0 N–H and O–H groups in total. The molecule has 3 atom stereocenters. The predicted octanol–water partition coefficient (Wildman–Crippen LogP) is 3.45. The summed E-state index contributed by atoms with van der Waals surface area (Å²) < 4.78 is 5.78. The summed E-state index contributed by atoms with van der Waals surface area (Å²) in [6, 6.07) is 1.73. The number of ether oxygens (including phenoxy) is 1. The Morgan fingerprint density at radius 2 is 2.25 bits per heavy atom. The van der Waals surface area contributed by atoms with Crippen LogP contribution in [0.3, 0.4) is 0 Å². The van der Waals surface area contributed by atoms with Crippen LogP contribution in [0, 0.1) is 22.0 Å². The van der Waals surface area contributed by atoms with Gasteiger partial charge < -0.3 is 4.74 Å². The highest BCUT2D eigenvalue weighted by atomic mass is 16.6. The second kappa shape index (κ2) is 6.13. The highest BCUT2D eigenvalue weighted by Gasteiger charge is 2.30. The topological polar surface area (TPSA) is 65.3 Å². The number of aromatic nitrogens is 1. The smallest absolute Gasteiger partial charge is 0.294 e. The first-order valence-electron chi connectivity index (χ1n) is 6.95. The summed E-state index contributed by atoms with van der Waals surface area (Å²) >= 11 is 0. The zero-order valence-corrected chi connectivity index (χ0v) is 12.1. The number of hydrogen-bond acceptors (Lipinski definition) is 4. The second-order valence-corrected chi connectivity index (χ2v) is 5.30. The molecule has 0 radical (unpaired) electrons. The third-order valence-corrected chi connectivity index (χ3v) is 3.79. The fourth-order valence-corrected chi connectivity index (χ4v) is 2.97. The van der Waals surface area contributed by atoms with E-state index in [1.165, 1.54) is 6.20 Å². The Kier molecular flexibility index (Phi) is 4.49. The summed E-state index contributed by atoms with van der Waals surface area (Å²) in [6.07, 6.45) is 6.00. The minimum atomic E-state index is -0.368. The van der Waals surface area contributed by atoms with Gasteiger partial charge >= 0.3 is 0 Å². The van der Waals surface area contributed by atoms with Crippen molar-refractivity contribution in [2.24, 2.45) is 11.8 Å². The molecule has 5 nitrogen and oxygen atoms in total. The summed E-state index contributed by atoms with van der Waals surface area (Å²) in [6.45, 7) is 6.92. The van der Waals surface area contributed by atoms with Gasteiger partial charge in [0.25, 0.3) is 5.69 Å². The molecule has 1 heterocycles. The van der Waals surface area contributed by atoms with Gasteiger partial charge in [-0.15, -0.1) is 0 Å². The lowest BCUT2D eigenvalue weighted by molar-refractivity contribution is -0.385. The molecule has 0 aromatic carbocycles. The first kappa shape index (κ1) is 14.7. The van der Waals surface area contributed by atoms with Crippen LogP contribution in [0.25, 0.3) is 5.57 Å². The zero-order chi connectivity index (χ0) is 14.7. The van der Waals surface area contributed by atoms with E-state index in [0.717, 1.165) is 12.0 Å². The van der Waals surface area contributed by atoms with E-state index < -0.39 is 0 Å². The van der Waals surface area contributed by atoms with Crippen LogP contribution in [0.5, 0.6) is 0 Å². The molecule has 5 heteroatoms. The van der Waals surface area contributed by atoms with Crippen molar-refractivity contribution in [1.82, 2.24) is 4.98 Å². The Labute approximate surface area is 118 Å². The van der Waals surface area contributed by atoms with Crippen molar-refractivity contribution in [1.29, 1.82) is 0 Å². The van der Waals surface area contributed by atoms with Gasteiger partial charge in [0.2, 0.25) is 0 Å². The molecule has 1 aliphatic carbocycles. The first-order chi connectivity index (χ1) is 9.54. The third-order valence-electron chi connectivity index (χ3n) is 3.79. The molecule has 1 aliphatic rings. The molecule has 0 saturated heterocycles. The van der Waals surface area contributed by atoms with Crippen LogP contribution < -0.4 is 0 Å². The van der Waals surface area contributed by atoms with Gasteiger partial charge in [-0.05, 0) is 30.9 Å². The number of hydrogen-bond donors (Lipinski definition) is 0. The molecule has 108 valence electrons. The summed E-state index contributed by atoms with van der Waals surface area (Å²) in [5, 5.41) is 11.1. The molecule has 20 heavy (non-hydrogen) atoms. The Morgan fingerprint density at radius 3 is 2.85 bits per heavy atom. The van der Waals surface area contributed by atoms with Gasteiger partial charge in [0.05, 0.1) is 16.6 Å². The average Bonchev–Trinajstić information content (AvgIpc) is 2.42. The molecule has 1 aromatic heterocycles. The molecule has 1 aromatic rings. The first-order valence-corrected chi connectivity index (χ1v) is 6.95. The van der Waals surface area contributed by atoms with E-state index in [1.807, 2.05) is 6.92 Å². The molecule has 0 aliphatic heterocycles. The van der Waals surface area contributed by atoms with Gasteiger partial charge in [0, 0.05) is 18.7 Å². The summed E-state index contributed by atoms with van der Waals surface area (Å²) in [4.78, 5) is 14.6. The fraction of sp³-hybridized carbons (Fsp3) is 0.533. The van der Waals surface area contributed by atoms with Crippen LogP contribution in [-0.4, -0.2) is 22.6 Å². The molecule has 2 rings (SSSR count). The maximum atomic E-state index is 11.1. The maximum absolute atomic E-state index is 11.1. The van der Waals surface area contributed by atoms with Crippen LogP contribution in [0.2, 0.25) is 0 Å². The lowest BCUT2D eigenvalue weighted by atomic mass is 9.79. The van der Waals surface area contributed by atoms with Crippen LogP contribution in [0.15, 0.2) is 24.5 Å². The lowest BCUT2D eigenvalue weighted by Gasteiger charge is -2.33. The highest BCUT2D eigenvalue weighted by molar-refractivity contribution is 5.73. The SMILES string of the molecule is CCO[C@@H]1[C@H](C)C=C(c2ccncc2[N+](=O)[O-])C[C@@H]1C. The van der Waals surface area contributed by atoms with Crippen molar-refractivity contribution >= 4 is 11.3 Å². The van der Waals surface area contributed by atoms with E-state index in [0.29, 0.717) is 18.1 Å². The molecule has 0 amide bonds. The van der Waals surface area contributed by atoms with Crippen molar-refractivity contribution in [3.05, 3.63) is 40.2 Å². The summed E-state index contributed by atoms with van der Waals surface area (Å²) in [5.74, 6) is 0.596. The molecule has 0 unspecified atom stereocenters. The fourth-order valence-electron chi connectivity index (χ4n) is 2.97. The molecule has 0 spiro atoms. The number of nitrogens with zero attached hydrogens (tertiary/aromatic N) is 2. The monoisotopic (exact) mass is 276 g/mol. The van der Waals surface area contributed by atoms with Gasteiger partial charge in [-0.3, -0.25) is 15.1 Å². The van der Waals surface area contributed by atoms with Crippen molar-refractivity contribution in [3.8, 4) is 0 Å². The molecular formula is C15H20N2O3. The Bertz CT molecular complexity index is 528. The van der Waals surface area contributed by atoms with Gasteiger partial charge in [-0.2, -0.15) is 0 Å². The van der Waals surface area contributed by atoms with E-state index >= 15 is 0 Å². The number of rotatable bonds is 4. The number of nitro groups is 1. The zero-order valence-electron chi connectivity index (χ0n) is 12.1. The maximum Gasteiger partial charge on any atom is 0.294 e. The number of pyridine rings is 1. The van der Waals surface area contributed by atoms with E-state index in [2.05, 4.69) is 24.9 Å². The Balaban J connectivity index is 2.35. The minimum Gasteiger partial charge on any atom is -0.378 e. The third kappa shape index (κ3) is 2.88. The van der Waals surface area contributed by atoms with Crippen LogP contribution in [0.4, 0.5) is 5.69 Å². The van der Waals surface area contributed by atoms with Crippen molar-refractivity contribution in [2.75, 3.05) is 6.61 Å². The van der Waals surface area contributed by atoms with E-state index in [4.69, 9.17) is 4.74 Å². The molecule has 0 bridgehead atoms. The van der Waals surface area contributed by atoms with Crippen molar-refractivity contribution < 1.29 is 9.66 Å². The summed E-state index contributed by atoms with van der Waals surface area (Å²) in [7, 11) is 0. The quantitative estimate of drug-likeness (QED) is 0.624. The van der Waals surface area contributed by atoms with E-state index in [-0.39, 0.29) is 22.6 Å². The Hall–Kier alpha value is -1.75. The molecule has 0 fully saturated rings. The van der Waals surface area contributed by atoms with Crippen molar-refractivity contribution in [3.63, 3.8) is 0 Å². The highest BCUT2D eigenvalue weighted by Crippen LogP contribution is 2.38. The van der Waals surface area contributed by atoms with E-state index in [1.54, 1.807) is 12.3 Å². The second-order valence-electron chi connectivity index (χ2n) is 5.30. The van der Waals surface area contributed by atoms with Crippen LogP contribution >= 0.6 is 0 Å². The standard InChI is InChI=1S/C15H20N2O3/c1-4-20-15-10(2)7-12(8-11(15)3)13-5-6-16-9-14(13)17(18)19/h5-7,9-11,15H,4,8H2,1-3H3/t10-,11+,15-/m1/s1. The van der Waals surface area contributed by atoms with Crippen molar-refractivity contribution in [2.45, 2.75) is 33.3 Å². The predicted molar refractivity (Wildman–Crippen MR) is 77.2 cm³/mol. The van der Waals surface area contributed by atoms with Crippen LogP contribution in [0.1, 0.15) is 32.8 Å². The Morgan fingerprint density at radius 1 is 1.50 bits per heavy atom. The van der Waals surface area contributed by atoms with Gasteiger partial charge in [0.1, 0.15) is 6.20 Å². The van der Waals surface area contributed by atoms with Gasteiger partial charge in [-0.1, -0.05) is 19.9 Å². The van der Waals surface area contributed by atoms with E-state index in [9.17, 15) is 10.1 Å². The van der Waals surface area contributed by atoms with Gasteiger partial charge in [0.15, 0.2) is 0 Å². The summed E-state index contributed by atoms with van der Waals surface area (Å²) in [5.41, 5.74) is 1.78. The number of allylic oxidation sites excluding steroid dienone is 1. The van der Waals surface area contributed by atoms with Gasteiger partial charge in [-0.25, -0.2) is 0 Å². The average molecular weight is 276 g/mol. The molecule has 0 saturated carbocycles. The van der Waals surface area contributed by atoms with Crippen LogP contribution in [-0.2, 0) is 4.74 Å². The lowest BCUT2D eigenvalue weighted by Crippen LogP contribution is -2.31. The minimum absolute atomic E-state index is 0.0769. The normalized spacial score (nSPS) is 26.1.